The van der Waals surface area contributed by atoms with E-state index in [2.05, 4.69) is 4.99 Å². The number of sulfone groups is 1. The van der Waals surface area contributed by atoms with Crippen molar-refractivity contribution in [1.29, 1.82) is 0 Å². The summed E-state index contributed by atoms with van der Waals surface area (Å²) in [7, 11) is -3.06. The van der Waals surface area contributed by atoms with Gasteiger partial charge in [-0.1, -0.05) is 23.9 Å². The van der Waals surface area contributed by atoms with Crippen LogP contribution in [-0.2, 0) is 14.6 Å². The summed E-state index contributed by atoms with van der Waals surface area (Å²) in [6, 6.07) is 5.69. The van der Waals surface area contributed by atoms with Crippen LogP contribution in [0.25, 0.3) is 0 Å². The molecule has 0 aliphatic carbocycles. The quantitative estimate of drug-likeness (QED) is 0.744. The summed E-state index contributed by atoms with van der Waals surface area (Å²) in [6.07, 6.45) is 0. The highest BCUT2D eigenvalue weighted by atomic mass is 35.5. The molecule has 5 nitrogen and oxygen atoms in total. The van der Waals surface area contributed by atoms with E-state index in [1.807, 2.05) is 36.9 Å². The van der Waals surface area contributed by atoms with E-state index in [1.54, 1.807) is 0 Å². The zero-order chi connectivity index (χ0) is 16.8. The zero-order valence-corrected chi connectivity index (χ0v) is 15.2. The number of aliphatic imine (C=N–C) groups is 1. The summed E-state index contributed by atoms with van der Waals surface area (Å²) in [5, 5.41) is 0.455. The third-order valence-electron chi connectivity index (χ3n) is 4.24. The third kappa shape index (κ3) is 3.14. The Morgan fingerprint density at radius 3 is 2.83 bits per heavy atom. The molecular formula is C15H17ClN2O3S2. The molecule has 23 heavy (non-hydrogen) atoms. The first-order chi connectivity index (χ1) is 10.8. The van der Waals surface area contributed by atoms with Crippen molar-refractivity contribution in [2.24, 2.45) is 4.99 Å². The number of halogens is 1. The molecule has 2 fully saturated rings. The van der Waals surface area contributed by atoms with Crippen molar-refractivity contribution in [3.63, 3.8) is 0 Å². The molecular weight excluding hydrogens is 356 g/mol. The van der Waals surface area contributed by atoms with Crippen LogP contribution in [0.5, 0.6) is 0 Å². The summed E-state index contributed by atoms with van der Waals surface area (Å²) < 4.78 is 24.0. The zero-order valence-electron chi connectivity index (χ0n) is 12.8. The lowest BCUT2D eigenvalue weighted by Gasteiger charge is -2.26. The number of nitrogens with zero attached hydrogens (tertiary/aromatic N) is 2. The van der Waals surface area contributed by atoms with Crippen molar-refractivity contribution in [2.45, 2.75) is 25.1 Å². The predicted molar refractivity (Wildman–Crippen MR) is 95.4 cm³/mol. The minimum atomic E-state index is -3.06. The summed E-state index contributed by atoms with van der Waals surface area (Å²) in [6.45, 7) is 4.00. The molecule has 2 saturated heterocycles. The molecule has 0 saturated carbocycles. The molecule has 0 bridgehead atoms. The van der Waals surface area contributed by atoms with Gasteiger partial charge in [-0.05, 0) is 31.0 Å². The first kappa shape index (κ1) is 16.8. The van der Waals surface area contributed by atoms with Gasteiger partial charge in [-0.3, -0.25) is 4.79 Å². The number of alkyl halides is 1. The van der Waals surface area contributed by atoms with Crippen molar-refractivity contribution in [2.75, 3.05) is 22.3 Å². The van der Waals surface area contributed by atoms with E-state index in [0.29, 0.717) is 5.17 Å². The van der Waals surface area contributed by atoms with Gasteiger partial charge < -0.3 is 4.90 Å². The average Bonchev–Trinajstić information content (AvgIpc) is 2.93. The molecule has 1 aromatic carbocycles. The van der Waals surface area contributed by atoms with E-state index in [-0.39, 0.29) is 28.7 Å². The number of thioether (sulfide) groups is 1. The van der Waals surface area contributed by atoms with Gasteiger partial charge in [0, 0.05) is 10.9 Å². The summed E-state index contributed by atoms with van der Waals surface area (Å²) in [5.41, 5.74) is 3.08. The molecule has 3 rings (SSSR count). The van der Waals surface area contributed by atoms with E-state index in [9.17, 15) is 13.2 Å². The Labute approximate surface area is 145 Å². The lowest BCUT2D eigenvalue weighted by molar-refractivity contribution is -0.115. The maximum Gasteiger partial charge on any atom is 0.262 e. The van der Waals surface area contributed by atoms with Gasteiger partial charge in [-0.2, -0.15) is 4.99 Å². The average molecular weight is 373 g/mol. The summed E-state index contributed by atoms with van der Waals surface area (Å²) in [4.78, 5) is 17.7. The highest BCUT2D eigenvalue weighted by molar-refractivity contribution is 8.16. The number of rotatable bonds is 2. The van der Waals surface area contributed by atoms with Crippen LogP contribution < -0.4 is 4.90 Å². The number of fused-ring (bicyclic) bond motifs is 1. The van der Waals surface area contributed by atoms with Crippen LogP contribution in [0.15, 0.2) is 23.2 Å². The van der Waals surface area contributed by atoms with E-state index >= 15 is 0 Å². The number of aryl methyl sites for hydroxylation is 1. The first-order valence-corrected chi connectivity index (χ1v) is 10.5. The van der Waals surface area contributed by atoms with Crippen molar-refractivity contribution in [3.05, 3.63) is 29.3 Å². The number of carbonyl (C=O) groups excluding carboxylic acids is 1. The number of amidine groups is 1. The van der Waals surface area contributed by atoms with E-state index in [4.69, 9.17) is 11.6 Å². The van der Waals surface area contributed by atoms with Gasteiger partial charge in [0.25, 0.3) is 5.91 Å². The molecule has 2 heterocycles. The topological polar surface area (TPSA) is 66.8 Å². The Kier molecular flexibility index (Phi) is 4.46. The highest BCUT2D eigenvalue weighted by Crippen LogP contribution is 2.42. The van der Waals surface area contributed by atoms with Crippen LogP contribution in [0, 0.1) is 13.8 Å². The summed E-state index contributed by atoms with van der Waals surface area (Å²) >= 11 is 6.93. The molecule has 1 aromatic rings. The van der Waals surface area contributed by atoms with E-state index in [0.717, 1.165) is 16.8 Å². The molecule has 0 spiro atoms. The Morgan fingerprint density at radius 2 is 2.13 bits per heavy atom. The molecule has 0 aromatic heterocycles. The largest absolute Gasteiger partial charge is 0.315 e. The predicted octanol–water partition coefficient (Wildman–Crippen LogP) is 2.14. The van der Waals surface area contributed by atoms with Crippen LogP contribution >= 0.6 is 23.4 Å². The third-order valence-corrected chi connectivity index (χ3v) is 7.68. The van der Waals surface area contributed by atoms with Gasteiger partial charge in [-0.25, -0.2) is 8.42 Å². The van der Waals surface area contributed by atoms with Crippen LogP contribution in [0.2, 0.25) is 0 Å². The lowest BCUT2D eigenvalue weighted by Crippen LogP contribution is -2.38. The minimum absolute atomic E-state index is 0.0894. The molecule has 2 aliphatic rings. The smallest absolute Gasteiger partial charge is 0.262 e. The van der Waals surface area contributed by atoms with Crippen molar-refractivity contribution < 1.29 is 13.2 Å². The van der Waals surface area contributed by atoms with Gasteiger partial charge in [0.05, 0.1) is 17.5 Å². The van der Waals surface area contributed by atoms with Crippen LogP contribution in [0.3, 0.4) is 0 Å². The van der Waals surface area contributed by atoms with E-state index < -0.39 is 15.7 Å². The summed E-state index contributed by atoms with van der Waals surface area (Å²) in [5.74, 6) is -0.380. The number of carbonyl (C=O) groups is 1. The molecule has 0 N–H and O–H groups in total. The molecule has 0 radical (unpaired) electrons. The molecule has 8 heteroatoms. The van der Waals surface area contributed by atoms with Gasteiger partial charge in [0.2, 0.25) is 0 Å². The van der Waals surface area contributed by atoms with Gasteiger partial charge in [-0.15, -0.1) is 11.6 Å². The monoisotopic (exact) mass is 372 g/mol. The number of hydrogen-bond donors (Lipinski definition) is 0. The van der Waals surface area contributed by atoms with Crippen LogP contribution in [0.4, 0.5) is 5.69 Å². The molecule has 2 aliphatic heterocycles. The Hall–Kier alpha value is -1.05. The first-order valence-electron chi connectivity index (χ1n) is 7.22. The number of amides is 1. The fraction of sp³-hybridized carbons (Fsp3) is 0.467. The maximum atomic E-state index is 12.0. The van der Waals surface area contributed by atoms with E-state index in [1.165, 1.54) is 11.8 Å². The van der Waals surface area contributed by atoms with Crippen LogP contribution in [0.1, 0.15) is 11.1 Å². The normalized spacial score (nSPS) is 27.4. The van der Waals surface area contributed by atoms with Crippen molar-refractivity contribution >= 4 is 50.0 Å². The Balaban J connectivity index is 2.09. The second-order valence-electron chi connectivity index (χ2n) is 5.81. The second kappa shape index (κ2) is 6.11. The van der Waals surface area contributed by atoms with Gasteiger partial charge in [0.15, 0.2) is 15.0 Å². The fourth-order valence-corrected chi connectivity index (χ4v) is 6.96. The number of hydrogen-bond acceptors (Lipinski definition) is 4. The van der Waals surface area contributed by atoms with Gasteiger partial charge in [0.1, 0.15) is 5.88 Å². The fourth-order valence-electron chi connectivity index (χ4n) is 2.98. The molecule has 0 unspecified atom stereocenters. The number of benzene rings is 1. The molecule has 2 atom stereocenters. The van der Waals surface area contributed by atoms with Gasteiger partial charge >= 0.3 is 0 Å². The SMILES string of the molecule is Cc1cccc(N2C(=NC(=O)CCl)S[C@@H]3CS(=O)(=O)C[C@@H]32)c1C. The standard InChI is InChI=1S/C15H17ClN2O3S2/c1-9-4-3-5-11(10(9)2)18-12-7-23(20,21)8-13(12)22-15(18)17-14(19)6-16/h3-5,12-13H,6-8H2,1-2H3/t12-,13+/m0/s1. The second-order valence-corrected chi connectivity index (χ2v) is 9.44. The van der Waals surface area contributed by atoms with Crippen LogP contribution in [-0.4, -0.2) is 48.2 Å². The Morgan fingerprint density at radius 1 is 1.39 bits per heavy atom. The molecule has 1 amide bonds. The lowest BCUT2D eigenvalue weighted by atomic mass is 10.1. The maximum absolute atomic E-state index is 12.0. The van der Waals surface area contributed by atoms with Crippen molar-refractivity contribution in [3.8, 4) is 0 Å². The highest BCUT2D eigenvalue weighted by Gasteiger charge is 2.49. The van der Waals surface area contributed by atoms with Crippen molar-refractivity contribution in [1.82, 2.24) is 0 Å². The Bertz CT molecular complexity index is 792. The number of anilines is 1. The molecule has 124 valence electrons. The minimum Gasteiger partial charge on any atom is -0.315 e.